The van der Waals surface area contributed by atoms with Gasteiger partial charge in [0.05, 0.1) is 30.7 Å². The third kappa shape index (κ3) is 5.72. The summed E-state index contributed by atoms with van der Waals surface area (Å²) in [6, 6.07) is 6.60. The lowest BCUT2D eigenvalue weighted by molar-refractivity contribution is -0.137. The molecular weight excluding hydrogens is 472 g/mol. The van der Waals surface area contributed by atoms with Crippen molar-refractivity contribution in [3.63, 3.8) is 0 Å². The number of methoxy groups -OCH3 is 1. The van der Waals surface area contributed by atoms with Gasteiger partial charge in [-0.15, -0.1) is 10.2 Å². The third-order valence-corrected chi connectivity index (χ3v) is 5.08. The van der Waals surface area contributed by atoms with Gasteiger partial charge in [-0.25, -0.2) is 15.1 Å². The van der Waals surface area contributed by atoms with E-state index in [0.29, 0.717) is 17.0 Å². The first-order valence-corrected chi connectivity index (χ1v) is 11.1. The molecule has 2 aromatic heterocycles. The third-order valence-electron chi connectivity index (χ3n) is 5.08. The first kappa shape index (κ1) is 24.5. The van der Waals surface area contributed by atoms with Crippen molar-refractivity contribution in [1.29, 1.82) is 0 Å². The second-order valence-electron chi connectivity index (χ2n) is 7.79. The lowest BCUT2D eigenvalue weighted by Crippen LogP contribution is -2.26. The van der Waals surface area contributed by atoms with E-state index in [1.54, 1.807) is 25.1 Å². The van der Waals surface area contributed by atoms with Crippen LogP contribution in [0, 0.1) is 5.92 Å². The molecule has 0 saturated heterocycles. The van der Waals surface area contributed by atoms with Crippen molar-refractivity contribution >= 4 is 35.0 Å². The highest BCUT2D eigenvalue weighted by Gasteiger charge is 2.30. The van der Waals surface area contributed by atoms with Crippen LogP contribution in [-0.2, 0) is 21.0 Å². The lowest BCUT2D eigenvalue weighted by Gasteiger charge is -2.16. The van der Waals surface area contributed by atoms with Gasteiger partial charge in [0.25, 0.3) is 5.91 Å². The predicted molar refractivity (Wildman–Crippen MR) is 125 cm³/mol. The number of rotatable bonds is 11. The van der Waals surface area contributed by atoms with Gasteiger partial charge in [0.2, 0.25) is 5.91 Å². The highest BCUT2D eigenvalue weighted by molar-refractivity contribution is 5.99. The fraction of sp³-hybridized carbons (Fsp3) is 0.318. The Morgan fingerprint density at radius 2 is 2.00 bits per heavy atom. The molecule has 14 heteroatoms. The van der Waals surface area contributed by atoms with Gasteiger partial charge < -0.3 is 20.5 Å². The molecular formula is C22H24N8O6. The molecule has 0 aliphatic heterocycles. The van der Waals surface area contributed by atoms with E-state index >= 15 is 0 Å². The summed E-state index contributed by atoms with van der Waals surface area (Å²) >= 11 is 0. The SMILES string of the molecule is CCONC(=O)c1nnc(NC(=O)C2CC2)cc1Nc1cccc(-c2ncn(CC(=O)O)n2)c1OC. The summed E-state index contributed by atoms with van der Waals surface area (Å²) in [4.78, 5) is 45.0. The number of anilines is 3. The van der Waals surface area contributed by atoms with Crippen LogP contribution in [0.15, 0.2) is 30.6 Å². The van der Waals surface area contributed by atoms with E-state index in [1.165, 1.54) is 24.2 Å². The van der Waals surface area contributed by atoms with Gasteiger partial charge in [0.15, 0.2) is 23.1 Å². The van der Waals surface area contributed by atoms with E-state index in [0.717, 1.165) is 12.8 Å². The fourth-order valence-electron chi connectivity index (χ4n) is 3.28. The summed E-state index contributed by atoms with van der Waals surface area (Å²) in [6.07, 6.45) is 2.94. The number of nitrogens with zero attached hydrogens (tertiary/aromatic N) is 5. The Bertz CT molecular complexity index is 1290. The Kier molecular flexibility index (Phi) is 7.34. The van der Waals surface area contributed by atoms with Crippen LogP contribution in [0.5, 0.6) is 5.75 Å². The number of aromatic nitrogens is 5. The molecule has 1 aliphatic carbocycles. The molecule has 188 valence electrons. The Morgan fingerprint density at radius 3 is 2.69 bits per heavy atom. The molecule has 0 bridgehead atoms. The van der Waals surface area contributed by atoms with Crippen molar-refractivity contribution in [3.8, 4) is 17.1 Å². The number of carbonyl (C=O) groups is 3. The maximum Gasteiger partial charge on any atom is 0.325 e. The molecule has 1 aliphatic rings. The first-order chi connectivity index (χ1) is 17.4. The Balaban J connectivity index is 1.68. The molecule has 1 aromatic carbocycles. The molecule has 4 rings (SSSR count). The van der Waals surface area contributed by atoms with Crippen LogP contribution in [-0.4, -0.2) is 61.6 Å². The van der Waals surface area contributed by atoms with E-state index < -0.39 is 11.9 Å². The van der Waals surface area contributed by atoms with Crippen LogP contribution in [0.4, 0.5) is 17.2 Å². The van der Waals surface area contributed by atoms with Gasteiger partial charge in [-0.3, -0.25) is 19.2 Å². The van der Waals surface area contributed by atoms with E-state index in [1.807, 2.05) is 0 Å². The number of ether oxygens (including phenoxy) is 1. The van der Waals surface area contributed by atoms with Gasteiger partial charge in [-0.05, 0) is 31.9 Å². The second-order valence-corrected chi connectivity index (χ2v) is 7.79. The van der Waals surface area contributed by atoms with Gasteiger partial charge in [0.1, 0.15) is 12.9 Å². The number of nitrogens with one attached hydrogen (secondary N) is 3. The number of para-hydroxylation sites is 1. The van der Waals surface area contributed by atoms with Crippen LogP contribution in [0.3, 0.4) is 0 Å². The van der Waals surface area contributed by atoms with Crippen molar-refractivity contribution in [1.82, 2.24) is 30.4 Å². The summed E-state index contributed by atoms with van der Waals surface area (Å²) in [5.41, 5.74) is 3.34. The smallest absolute Gasteiger partial charge is 0.325 e. The molecule has 1 saturated carbocycles. The number of amides is 2. The minimum Gasteiger partial charge on any atom is -0.494 e. The molecule has 2 amide bonds. The first-order valence-electron chi connectivity index (χ1n) is 11.1. The average Bonchev–Trinajstić information content (AvgIpc) is 3.62. The monoisotopic (exact) mass is 496 g/mol. The van der Waals surface area contributed by atoms with E-state index in [-0.39, 0.29) is 48.0 Å². The lowest BCUT2D eigenvalue weighted by atomic mass is 10.1. The molecule has 4 N–H and O–H groups in total. The minimum atomic E-state index is -1.05. The van der Waals surface area contributed by atoms with Gasteiger partial charge in [0, 0.05) is 12.0 Å². The second kappa shape index (κ2) is 10.8. The van der Waals surface area contributed by atoms with Crippen molar-refractivity contribution in [2.45, 2.75) is 26.3 Å². The van der Waals surface area contributed by atoms with Crippen LogP contribution in [0.2, 0.25) is 0 Å². The van der Waals surface area contributed by atoms with Crippen LogP contribution in [0.25, 0.3) is 11.4 Å². The minimum absolute atomic E-state index is 0.0469. The number of carbonyl (C=O) groups excluding carboxylic acids is 2. The Morgan fingerprint density at radius 1 is 1.19 bits per heavy atom. The number of benzene rings is 1. The van der Waals surface area contributed by atoms with E-state index in [2.05, 4.69) is 36.4 Å². The molecule has 0 spiro atoms. The topological polar surface area (TPSA) is 182 Å². The number of hydrogen-bond donors (Lipinski definition) is 4. The maximum atomic E-state index is 12.6. The summed E-state index contributed by atoms with van der Waals surface area (Å²) in [5, 5.41) is 26.9. The molecule has 3 aromatic rings. The standard InChI is InChI=1S/C22H24N8O6/c1-3-36-29-22(34)18-15(9-16(26-27-18)25-21(33)12-7-8-12)24-14-6-4-5-13(19(14)35-2)20-23-11-30(28-20)10-17(31)32/h4-6,9,11-12H,3,7-8,10H2,1-2H3,(H,29,34)(H,31,32)(H2,24,25,26,33). The van der Waals surface area contributed by atoms with Gasteiger partial charge >= 0.3 is 5.97 Å². The predicted octanol–water partition coefficient (Wildman–Crippen LogP) is 1.60. The molecule has 14 nitrogen and oxygen atoms in total. The van der Waals surface area contributed by atoms with E-state index in [9.17, 15) is 14.4 Å². The zero-order valence-electron chi connectivity index (χ0n) is 19.5. The summed E-state index contributed by atoms with van der Waals surface area (Å²) in [5.74, 6) is -1.15. The largest absolute Gasteiger partial charge is 0.494 e. The number of aliphatic carboxylic acids is 1. The van der Waals surface area contributed by atoms with Crippen LogP contribution < -0.4 is 20.9 Å². The summed E-state index contributed by atoms with van der Waals surface area (Å²) in [7, 11) is 1.45. The molecule has 0 unspecified atom stereocenters. The zero-order valence-corrected chi connectivity index (χ0v) is 19.5. The number of hydroxylamine groups is 1. The highest BCUT2D eigenvalue weighted by atomic mass is 16.6. The molecule has 2 heterocycles. The Hall–Kier alpha value is -4.59. The fourth-order valence-corrected chi connectivity index (χ4v) is 3.28. The van der Waals surface area contributed by atoms with Crippen LogP contribution in [0.1, 0.15) is 30.3 Å². The van der Waals surface area contributed by atoms with Crippen molar-refractivity contribution in [2.24, 2.45) is 5.92 Å². The van der Waals surface area contributed by atoms with Crippen molar-refractivity contribution in [2.75, 3.05) is 24.4 Å². The van der Waals surface area contributed by atoms with E-state index in [4.69, 9.17) is 14.7 Å². The molecule has 0 atom stereocenters. The number of hydrogen-bond acceptors (Lipinski definition) is 10. The number of carboxylic acids is 1. The molecule has 36 heavy (non-hydrogen) atoms. The summed E-state index contributed by atoms with van der Waals surface area (Å²) < 4.78 is 6.78. The molecule has 1 fully saturated rings. The van der Waals surface area contributed by atoms with Gasteiger partial charge in [-0.1, -0.05) is 6.07 Å². The van der Waals surface area contributed by atoms with Gasteiger partial charge in [-0.2, -0.15) is 5.10 Å². The maximum absolute atomic E-state index is 12.6. The normalized spacial score (nSPS) is 12.6. The molecule has 0 radical (unpaired) electrons. The summed E-state index contributed by atoms with van der Waals surface area (Å²) in [6.45, 7) is 1.61. The average molecular weight is 496 g/mol. The van der Waals surface area contributed by atoms with Crippen molar-refractivity contribution in [3.05, 3.63) is 36.3 Å². The zero-order chi connectivity index (χ0) is 25.7. The van der Waals surface area contributed by atoms with Crippen LogP contribution >= 0.6 is 0 Å². The Labute approximate surface area is 205 Å². The highest BCUT2D eigenvalue weighted by Crippen LogP contribution is 2.37. The number of carboxylic acid groups (broad SMARTS) is 1. The quantitative estimate of drug-likeness (QED) is 0.283. The van der Waals surface area contributed by atoms with Crippen molar-refractivity contribution < 1.29 is 29.1 Å².